The van der Waals surface area contributed by atoms with Crippen molar-refractivity contribution >= 4 is 45.1 Å². The number of benzene rings is 2. The highest BCUT2D eigenvalue weighted by Crippen LogP contribution is 2.35. The Labute approximate surface area is 241 Å². The summed E-state index contributed by atoms with van der Waals surface area (Å²) in [6, 6.07) is 14.6. The summed E-state index contributed by atoms with van der Waals surface area (Å²) in [5, 5.41) is 14.7. The number of fused-ring (bicyclic) bond motifs is 1. The van der Waals surface area contributed by atoms with Crippen LogP contribution >= 0.6 is 0 Å². The van der Waals surface area contributed by atoms with Crippen molar-refractivity contribution in [3.8, 4) is 11.3 Å². The van der Waals surface area contributed by atoms with E-state index in [2.05, 4.69) is 15.5 Å². The van der Waals surface area contributed by atoms with E-state index >= 15 is 0 Å². The maximum absolute atomic E-state index is 12.8. The van der Waals surface area contributed by atoms with Gasteiger partial charge in [-0.05, 0) is 66.2 Å². The van der Waals surface area contributed by atoms with Crippen LogP contribution in [0.1, 0.15) is 42.5 Å². The fraction of sp³-hybridized carbons (Fsp3) is 0.323. The van der Waals surface area contributed by atoms with Crippen LogP contribution in [0.3, 0.4) is 0 Å². The van der Waals surface area contributed by atoms with Crippen LogP contribution in [0.15, 0.2) is 59.6 Å². The highest BCUT2D eigenvalue weighted by atomic mass is 32.2. The number of rotatable bonds is 10. The van der Waals surface area contributed by atoms with Gasteiger partial charge in [0.1, 0.15) is 18.1 Å². The first kappa shape index (κ1) is 28.5. The van der Waals surface area contributed by atoms with Crippen molar-refractivity contribution in [2.45, 2.75) is 37.1 Å². The van der Waals surface area contributed by atoms with E-state index in [0.717, 1.165) is 48.3 Å². The Kier molecular flexibility index (Phi) is 8.51. The highest BCUT2D eigenvalue weighted by molar-refractivity contribution is 7.90. The number of ether oxygens (including phenoxy) is 1. The van der Waals surface area contributed by atoms with E-state index in [0.29, 0.717) is 48.0 Å². The first-order valence-corrected chi connectivity index (χ1v) is 15.7. The van der Waals surface area contributed by atoms with E-state index in [1.807, 2.05) is 49.4 Å². The van der Waals surface area contributed by atoms with Crippen molar-refractivity contribution in [1.82, 2.24) is 10.3 Å². The predicted octanol–water partition coefficient (Wildman–Crippen LogP) is 4.91. The number of sulfone groups is 1. The molecule has 10 heteroatoms. The molecule has 3 heterocycles. The number of nitrogens with one attached hydrogen (secondary N) is 3. The summed E-state index contributed by atoms with van der Waals surface area (Å²) in [5.74, 6) is 0.514. The normalized spacial score (nSPS) is 16.5. The van der Waals surface area contributed by atoms with Crippen LogP contribution in [0.4, 0.5) is 17.2 Å². The lowest BCUT2D eigenvalue weighted by Gasteiger charge is -2.29. The summed E-state index contributed by atoms with van der Waals surface area (Å²) in [6.45, 7) is 5.10. The summed E-state index contributed by atoms with van der Waals surface area (Å²) < 4.78 is 31.0. The zero-order chi connectivity index (χ0) is 29.0. The van der Waals surface area contributed by atoms with E-state index in [1.54, 1.807) is 18.3 Å². The van der Waals surface area contributed by atoms with Gasteiger partial charge in [-0.3, -0.25) is 0 Å². The van der Waals surface area contributed by atoms with Gasteiger partial charge >= 0.3 is 0 Å². The van der Waals surface area contributed by atoms with E-state index in [-0.39, 0.29) is 11.3 Å². The van der Waals surface area contributed by atoms with Crippen molar-refractivity contribution in [2.24, 2.45) is 0 Å². The summed E-state index contributed by atoms with van der Waals surface area (Å²) in [6.07, 6.45) is 7.39. The number of morpholine rings is 1. The Bertz CT molecular complexity index is 1580. The predicted molar refractivity (Wildman–Crippen MR) is 163 cm³/mol. The van der Waals surface area contributed by atoms with Crippen LogP contribution in [-0.4, -0.2) is 58.0 Å². The molecule has 0 saturated carbocycles. The Morgan fingerprint density at radius 3 is 2.61 bits per heavy atom. The molecule has 2 aliphatic heterocycles. The number of nitrogens with zero attached hydrogens (tertiary/aromatic N) is 2. The summed E-state index contributed by atoms with van der Waals surface area (Å²) in [5.41, 5.74) is 5.78. The minimum Gasteiger partial charge on any atom is -0.378 e. The number of carbonyl (C=O) groups is 1. The molecule has 0 aliphatic carbocycles. The van der Waals surface area contributed by atoms with Crippen LogP contribution < -0.4 is 15.5 Å². The molecule has 2 aliphatic rings. The Balaban J connectivity index is 1.53. The lowest BCUT2D eigenvalue weighted by atomic mass is 9.96. The Hall–Kier alpha value is -4.02. The van der Waals surface area contributed by atoms with Gasteiger partial charge in [0, 0.05) is 54.0 Å². The average Bonchev–Trinajstić information content (AvgIpc) is 2.97. The molecule has 0 bridgehead atoms. The van der Waals surface area contributed by atoms with Gasteiger partial charge in [-0.2, -0.15) is 0 Å². The van der Waals surface area contributed by atoms with Gasteiger partial charge in [0.15, 0.2) is 9.84 Å². The third kappa shape index (κ3) is 6.49. The molecule has 1 aromatic heterocycles. The molecule has 1 unspecified atom stereocenters. The van der Waals surface area contributed by atoms with Crippen molar-refractivity contribution in [1.29, 1.82) is 5.41 Å². The molecule has 1 fully saturated rings. The van der Waals surface area contributed by atoms with E-state index in [4.69, 9.17) is 15.1 Å². The molecule has 9 nitrogen and oxygen atoms in total. The zero-order valence-corrected chi connectivity index (χ0v) is 24.1. The third-order valence-electron chi connectivity index (χ3n) is 7.30. The van der Waals surface area contributed by atoms with Crippen LogP contribution in [-0.2, 0) is 25.8 Å². The molecule has 0 amide bonds. The van der Waals surface area contributed by atoms with Crippen LogP contribution in [0.25, 0.3) is 17.3 Å². The molecule has 3 aromatic rings. The van der Waals surface area contributed by atoms with Crippen molar-refractivity contribution in [2.75, 3.05) is 42.8 Å². The number of anilines is 3. The average molecular weight is 574 g/mol. The second kappa shape index (κ2) is 12.2. The second-order valence-corrected chi connectivity index (χ2v) is 12.4. The molecule has 214 valence electrons. The quantitative estimate of drug-likeness (QED) is 0.231. The van der Waals surface area contributed by atoms with E-state index in [9.17, 15) is 13.2 Å². The molecule has 0 spiro atoms. The molecule has 0 radical (unpaired) electrons. The number of carbonyl (C=O) groups excluding carboxylic acids is 1. The van der Waals surface area contributed by atoms with Gasteiger partial charge in [-0.25, -0.2) is 13.4 Å². The molecule has 5 rings (SSSR count). The molecule has 3 N–H and O–H groups in total. The molecule has 1 atom stereocenters. The minimum absolute atomic E-state index is 0.201. The SMILES string of the molecule is CCCC(=N)Cc1ccc(-c2cc3c(c(Nc4ccc(N5CCOCC5)cc4)n2)C(C=O)NC=C3)cc1S(C)(=O)=O. The second-order valence-electron chi connectivity index (χ2n) is 10.4. The standard InChI is InChI=1S/C31H35N5O4S/c1-3-4-24(32)17-22-6-5-21(19-29(22)41(2,38)39)27-18-23-11-12-33-28(20-37)30(23)31(35-27)34-25-7-9-26(10-8-25)36-13-15-40-16-14-36/h5-12,18-20,28,32-33H,3-4,13-17H2,1-2H3,(H,34,35). The number of aromatic nitrogens is 1. The van der Waals surface area contributed by atoms with Crippen LogP contribution in [0.2, 0.25) is 0 Å². The largest absolute Gasteiger partial charge is 0.378 e. The summed E-state index contributed by atoms with van der Waals surface area (Å²) in [4.78, 5) is 19.4. The Morgan fingerprint density at radius 2 is 1.93 bits per heavy atom. The monoisotopic (exact) mass is 573 g/mol. The van der Waals surface area contributed by atoms with Gasteiger partial charge in [0.05, 0.1) is 23.8 Å². The van der Waals surface area contributed by atoms with E-state index < -0.39 is 15.9 Å². The smallest absolute Gasteiger partial charge is 0.175 e. The van der Waals surface area contributed by atoms with Gasteiger partial charge in [-0.15, -0.1) is 0 Å². The molecular formula is C31H35N5O4S. The van der Waals surface area contributed by atoms with Crippen molar-refractivity contribution in [3.63, 3.8) is 0 Å². The minimum atomic E-state index is -3.55. The first-order valence-electron chi connectivity index (χ1n) is 13.8. The number of pyridine rings is 1. The molecule has 1 saturated heterocycles. The number of hydrogen-bond donors (Lipinski definition) is 3. The van der Waals surface area contributed by atoms with Gasteiger partial charge in [0.25, 0.3) is 0 Å². The first-order chi connectivity index (χ1) is 19.8. The van der Waals surface area contributed by atoms with Gasteiger partial charge in [-0.1, -0.05) is 25.5 Å². The maximum atomic E-state index is 12.8. The van der Waals surface area contributed by atoms with Gasteiger partial charge < -0.3 is 30.5 Å². The third-order valence-corrected chi connectivity index (χ3v) is 8.48. The van der Waals surface area contributed by atoms with Crippen LogP contribution in [0, 0.1) is 5.41 Å². The van der Waals surface area contributed by atoms with E-state index in [1.165, 1.54) is 6.26 Å². The maximum Gasteiger partial charge on any atom is 0.175 e. The molecule has 2 aromatic carbocycles. The lowest BCUT2D eigenvalue weighted by Crippen LogP contribution is -2.36. The Morgan fingerprint density at radius 1 is 1.17 bits per heavy atom. The summed E-state index contributed by atoms with van der Waals surface area (Å²) >= 11 is 0. The van der Waals surface area contributed by atoms with Crippen molar-refractivity contribution in [3.05, 3.63) is 71.4 Å². The molecule has 41 heavy (non-hydrogen) atoms. The number of hydrogen-bond acceptors (Lipinski definition) is 9. The zero-order valence-electron chi connectivity index (χ0n) is 23.3. The van der Waals surface area contributed by atoms with Gasteiger partial charge in [0.2, 0.25) is 0 Å². The fourth-order valence-corrected chi connectivity index (χ4v) is 6.21. The summed E-state index contributed by atoms with van der Waals surface area (Å²) in [7, 11) is -3.55. The fourth-order valence-electron chi connectivity index (χ4n) is 5.25. The highest BCUT2D eigenvalue weighted by Gasteiger charge is 2.24. The lowest BCUT2D eigenvalue weighted by molar-refractivity contribution is -0.109. The number of aldehydes is 1. The topological polar surface area (TPSA) is 124 Å². The molecular weight excluding hydrogens is 538 g/mol. The van der Waals surface area contributed by atoms with Crippen molar-refractivity contribution < 1.29 is 17.9 Å². The van der Waals surface area contributed by atoms with Crippen LogP contribution in [0.5, 0.6) is 0 Å².